The number of imidazole rings is 1. The number of ether oxygens (including phenoxy) is 1. The van der Waals surface area contributed by atoms with Crippen LogP contribution < -0.4 is 0 Å². The van der Waals surface area contributed by atoms with Crippen LogP contribution in [0.3, 0.4) is 0 Å². The van der Waals surface area contributed by atoms with Crippen LogP contribution in [0.1, 0.15) is 47.7 Å². The molecule has 0 atom stereocenters. The summed E-state index contributed by atoms with van der Waals surface area (Å²) in [7, 11) is 1.32. The molecule has 2 heterocycles. The molecule has 0 amide bonds. The molecule has 0 aliphatic rings. The second-order valence-electron chi connectivity index (χ2n) is 8.11. The Bertz CT molecular complexity index is 1230. The highest BCUT2D eigenvalue weighted by molar-refractivity contribution is 6.17. The maximum absolute atomic E-state index is 12.3. The van der Waals surface area contributed by atoms with Gasteiger partial charge in [0.1, 0.15) is 5.82 Å². The van der Waals surface area contributed by atoms with Crippen LogP contribution in [-0.4, -0.2) is 43.3 Å². The van der Waals surface area contributed by atoms with Crippen LogP contribution in [0.25, 0.3) is 22.9 Å². The quantitative estimate of drug-likeness (QED) is 0.170. The number of aryl methyl sites for hydroxylation is 2. The summed E-state index contributed by atoms with van der Waals surface area (Å²) in [6, 6.07) is 17.9. The van der Waals surface area contributed by atoms with Crippen LogP contribution in [-0.2, 0) is 11.2 Å². The van der Waals surface area contributed by atoms with Crippen molar-refractivity contribution in [3.8, 4) is 22.9 Å². The number of carbonyl (C=O) groups excluding carboxylic acids is 1. The second-order valence-corrected chi connectivity index (χ2v) is 8.48. The Morgan fingerprint density at radius 3 is 2.41 bits per heavy atom. The molecule has 0 bridgehead atoms. The van der Waals surface area contributed by atoms with Crippen molar-refractivity contribution >= 4 is 17.6 Å². The number of nitrogens with zero attached hydrogens (tertiary/aromatic N) is 5. The van der Waals surface area contributed by atoms with Crippen LogP contribution in [0, 0.1) is 6.92 Å². The number of esters is 1. The lowest BCUT2D eigenvalue weighted by Gasteiger charge is -2.09. The number of hydrogen-bond donors (Lipinski definition) is 0. The topological polar surface area (TPSA) is 74.8 Å². The molecule has 0 fully saturated rings. The van der Waals surface area contributed by atoms with Crippen molar-refractivity contribution in [2.24, 2.45) is 0 Å². The van der Waals surface area contributed by atoms with E-state index in [0.717, 1.165) is 60.4 Å². The molecule has 34 heavy (non-hydrogen) atoms. The number of hydrogen-bond acceptors (Lipinski definition) is 5. The Morgan fingerprint density at radius 2 is 1.71 bits per heavy atom. The fourth-order valence-corrected chi connectivity index (χ4v) is 3.93. The molecule has 176 valence electrons. The minimum atomic E-state index is -0.585. The van der Waals surface area contributed by atoms with Crippen molar-refractivity contribution in [3.05, 3.63) is 78.0 Å². The summed E-state index contributed by atoms with van der Waals surface area (Å²) in [5.74, 6) is 1.46. The lowest BCUT2D eigenvalue weighted by atomic mass is 10.1. The van der Waals surface area contributed by atoms with Gasteiger partial charge in [-0.2, -0.15) is 9.67 Å². The SMILES string of the molecule is COC(=O)c1nc(-n2cc(-c3ccccc3)nc2CCCCCCCl)n(-c2ccc(C)cc2)n1. The number of alkyl halides is 1. The van der Waals surface area contributed by atoms with Crippen molar-refractivity contribution in [1.29, 1.82) is 0 Å². The van der Waals surface area contributed by atoms with Crippen LogP contribution >= 0.6 is 11.6 Å². The van der Waals surface area contributed by atoms with Gasteiger partial charge in [0.15, 0.2) is 0 Å². The zero-order chi connectivity index (χ0) is 23.9. The summed E-state index contributed by atoms with van der Waals surface area (Å²) in [6.07, 6.45) is 6.86. The van der Waals surface area contributed by atoms with E-state index in [9.17, 15) is 4.79 Å². The average molecular weight is 478 g/mol. The summed E-state index contributed by atoms with van der Waals surface area (Å²) < 4.78 is 8.49. The van der Waals surface area contributed by atoms with Gasteiger partial charge in [0.05, 0.1) is 18.5 Å². The van der Waals surface area contributed by atoms with E-state index in [-0.39, 0.29) is 5.82 Å². The van der Waals surface area contributed by atoms with Crippen molar-refractivity contribution in [3.63, 3.8) is 0 Å². The van der Waals surface area contributed by atoms with Gasteiger partial charge in [-0.05, 0) is 31.9 Å². The van der Waals surface area contributed by atoms with Crippen molar-refractivity contribution in [1.82, 2.24) is 24.3 Å². The van der Waals surface area contributed by atoms with Crippen LogP contribution in [0.4, 0.5) is 0 Å². The Kier molecular flexibility index (Phi) is 7.75. The van der Waals surface area contributed by atoms with Gasteiger partial charge < -0.3 is 4.74 Å². The zero-order valence-corrected chi connectivity index (χ0v) is 20.2. The predicted octanol–water partition coefficient (Wildman–Crippen LogP) is 5.56. The van der Waals surface area contributed by atoms with E-state index >= 15 is 0 Å². The lowest BCUT2D eigenvalue weighted by Crippen LogP contribution is -2.09. The Morgan fingerprint density at radius 1 is 0.971 bits per heavy atom. The van der Waals surface area contributed by atoms with Gasteiger partial charge in [0.25, 0.3) is 5.82 Å². The summed E-state index contributed by atoms with van der Waals surface area (Å²) in [4.78, 5) is 21.8. The van der Waals surface area contributed by atoms with E-state index in [1.54, 1.807) is 4.68 Å². The summed E-state index contributed by atoms with van der Waals surface area (Å²) in [5.41, 5.74) is 3.78. The Balaban J connectivity index is 1.79. The molecule has 0 saturated carbocycles. The Hall–Kier alpha value is -3.45. The molecular weight excluding hydrogens is 450 g/mol. The second kappa shape index (κ2) is 11.1. The number of methoxy groups -OCH3 is 1. The van der Waals surface area contributed by atoms with Gasteiger partial charge in [-0.25, -0.2) is 9.78 Å². The van der Waals surface area contributed by atoms with Crippen molar-refractivity contribution in [2.75, 3.05) is 13.0 Å². The minimum absolute atomic E-state index is 0.00102. The highest BCUT2D eigenvalue weighted by atomic mass is 35.5. The summed E-state index contributed by atoms with van der Waals surface area (Å²) in [6.45, 7) is 2.02. The van der Waals surface area contributed by atoms with Gasteiger partial charge in [-0.15, -0.1) is 16.7 Å². The number of carbonyl (C=O) groups is 1. The number of benzene rings is 2. The molecular formula is C26H28ClN5O2. The third-order valence-electron chi connectivity index (χ3n) is 5.58. The number of aromatic nitrogens is 5. The third-order valence-corrected chi connectivity index (χ3v) is 5.85. The highest BCUT2D eigenvalue weighted by Gasteiger charge is 2.22. The van der Waals surface area contributed by atoms with Crippen LogP contribution in [0.2, 0.25) is 0 Å². The first-order chi connectivity index (χ1) is 16.6. The summed E-state index contributed by atoms with van der Waals surface area (Å²) in [5, 5.41) is 4.47. The summed E-state index contributed by atoms with van der Waals surface area (Å²) >= 11 is 5.83. The van der Waals surface area contributed by atoms with Crippen LogP contribution in [0.15, 0.2) is 60.8 Å². The molecule has 0 saturated heterocycles. The Labute approximate surface area is 204 Å². The van der Waals surface area contributed by atoms with E-state index in [1.807, 2.05) is 72.3 Å². The molecule has 0 N–H and O–H groups in total. The number of rotatable bonds is 10. The predicted molar refractivity (Wildman–Crippen MR) is 133 cm³/mol. The molecule has 4 rings (SSSR count). The molecule has 4 aromatic rings. The number of halogens is 1. The van der Waals surface area contributed by atoms with E-state index < -0.39 is 5.97 Å². The first-order valence-corrected chi connectivity index (χ1v) is 12.0. The molecule has 0 unspecified atom stereocenters. The molecule has 7 nitrogen and oxygen atoms in total. The standard InChI is InChI=1S/C26H28ClN5O2/c1-19-13-15-21(16-14-19)32-26(29-24(30-32)25(33)34-2)31-18-22(20-10-6-5-7-11-20)28-23(31)12-8-3-4-9-17-27/h5-7,10-11,13-16,18H,3-4,8-9,12,17H2,1-2H3. The molecule has 0 aliphatic carbocycles. The minimum Gasteiger partial charge on any atom is -0.463 e. The monoisotopic (exact) mass is 477 g/mol. The fourth-order valence-electron chi connectivity index (χ4n) is 3.74. The fraction of sp³-hybridized carbons (Fsp3) is 0.308. The third kappa shape index (κ3) is 5.37. The number of unbranched alkanes of at least 4 members (excludes halogenated alkanes) is 3. The van der Waals surface area contributed by atoms with Crippen molar-refractivity contribution in [2.45, 2.75) is 39.0 Å². The molecule has 0 aliphatic heterocycles. The van der Waals surface area contributed by atoms with Gasteiger partial charge in [-0.1, -0.05) is 60.9 Å². The van der Waals surface area contributed by atoms with Gasteiger partial charge in [-0.3, -0.25) is 4.57 Å². The molecule has 0 spiro atoms. The first kappa shape index (κ1) is 23.7. The van der Waals surface area contributed by atoms with E-state index in [4.69, 9.17) is 21.3 Å². The molecule has 2 aromatic heterocycles. The highest BCUT2D eigenvalue weighted by Crippen LogP contribution is 2.24. The van der Waals surface area contributed by atoms with Gasteiger partial charge >= 0.3 is 5.97 Å². The zero-order valence-electron chi connectivity index (χ0n) is 19.4. The molecule has 0 radical (unpaired) electrons. The first-order valence-electron chi connectivity index (χ1n) is 11.4. The lowest BCUT2D eigenvalue weighted by molar-refractivity contribution is 0.0587. The largest absolute Gasteiger partial charge is 0.463 e. The van der Waals surface area contributed by atoms with Crippen LogP contribution in [0.5, 0.6) is 0 Å². The molecule has 8 heteroatoms. The van der Waals surface area contributed by atoms with Crippen molar-refractivity contribution < 1.29 is 9.53 Å². The normalized spacial score (nSPS) is 11.0. The van der Waals surface area contributed by atoms with Gasteiger partial charge in [0.2, 0.25) is 5.95 Å². The van der Waals surface area contributed by atoms with E-state index in [0.29, 0.717) is 11.8 Å². The maximum atomic E-state index is 12.3. The smallest absolute Gasteiger partial charge is 0.378 e. The van der Waals surface area contributed by atoms with E-state index in [1.165, 1.54) is 7.11 Å². The van der Waals surface area contributed by atoms with E-state index in [2.05, 4.69) is 10.1 Å². The average Bonchev–Trinajstić information content (AvgIpc) is 3.49. The maximum Gasteiger partial charge on any atom is 0.378 e. The molecule has 2 aromatic carbocycles. The van der Waals surface area contributed by atoms with Gasteiger partial charge in [0, 0.05) is 24.1 Å².